The van der Waals surface area contributed by atoms with Crippen molar-refractivity contribution in [3.63, 3.8) is 0 Å². The molecule has 7 heteroatoms. The maximum absolute atomic E-state index is 6.19. The smallest absolute Gasteiger partial charge is 0.191 e. The molecule has 2 N–H and O–H groups in total. The van der Waals surface area contributed by atoms with Gasteiger partial charge in [-0.15, -0.1) is 24.0 Å². The number of aliphatic imine (C=N–C) groups is 1. The summed E-state index contributed by atoms with van der Waals surface area (Å²) in [5, 5.41) is 7.41. The first-order valence-electron chi connectivity index (χ1n) is 8.79. The van der Waals surface area contributed by atoms with E-state index in [0.29, 0.717) is 6.54 Å². The van der Waals surface area contributed by atoms with E-state index in [4.69, 9.17) is 11.6 Å². The first-order valence-corrected chi connectivity index (χ1v) is 9.16. The van der Waals surface area contributed by atoms with Crippen LogP contribution in [0, 0.1) is 6.92 Å². The fourth-order valence-corrected chi connectivity index (χ4v) is 3.17. The van der Waals surface area contributed by atoms with Gasteiger partial charge < -0.3 is 15.2 Å². The molecule has 3 rings (SSSR count). The summed E-state index contributed by atoms with van der Waals surface area (Å²) < 4.78 is 2.26. The van der Waals surface area contributed by atoms with Gasteiger partial charge in [-0.3, -0.25) is 4.99 Å². The molecule has 1 aromatic heterocycles. The van der Waals surface area contributed by atoms with Crippen molar-refractivity contribution >= 4 is 52.6 Å². The van der Waals surface area contributed by atoms with Gasteiger partial charge in [0.15, 0.2) is 5.96 Å². The topological polar surface area (TPSA) is 54.2 Å². The number of nitrogens with zero attached hydrogens (tertiary/aromatic N) is 3. The van der Waals surface area contributed by atoms with Crippen molar-refractivity contribution < 1.29 is 0 Å². The monoisotopic (exact) mass is 497 g/mol. The summed E-state index contributed by atoms with van der Waals surface area (Å²) in [5.74, 6) is 1.82. The van der Waals surface area contributed by atoms with Crippen molar-refractivity contribution in [1.29, 1.82) is 0 Å². The van der Waals surface area contributed by atoms with Crippen LogP contribution in [0.15, 0.2) is 53.5 Å². The molecule has 0 saturated carbocycles. The third kappa shape index (κ3) is 5.59. The number of hydrogen-bond donors (Lipinski definition) is 2. The van der Waals surface area contributed by atoms with Gasteiger partial charge >= 0.3 is 0 Å². The lowest BCUT2D eigenvalue weighted by Crippen LogP contribution is -2.37. The van der Waals surface area contributed by atoms with Crippen LogP contribution in [0.3, 0.4) is 0 Å². The number of para-hydroxylation sites is 2. The largest absolute Gasteiger partial charge is 0.356 e. The van der Waals surface area contributed by atoms with E-state index in [9.17, 15) is 0 Å². The van der Waals surface area contributed by atoms with E-state index in [1.807, 2.05) is 30.3 Å². The highest BCUT2D eigenvalue weighted by Crippen LogP contribution is 2.16. The maximum atomic E-state index is 6.19. The molecule has 0 bridgehead atoms. The van der Waals surface area contributed by atoms with Crippen LogP contribution < -0.4 is 10.6 Å². The lowest BCUT2D eigenvalue weighted by Gasteiger charge is -2.13. The van der Waals surface area contributed by atoms with E-state index >= 15 is 0 Å². The minimum atomic E-state index is 0. The van der Waals surface area contributed by atoms with Crippen LogP contribution in [0.1, 0.15) is 17.8 Å². The summed E-state index contributed by atoms with van der Waals surface area (Å²) in [6.45, 7) is 4.44. The van der Waals surface area contributed by atoms with Crippen LogP contribution in [0.4, 0.5) is 0 Å². The van der Waals surface area contributed by atoms with Crippen molar-refractivity contribution in [3.8, 4) is 0 Å². The Balaban J connectivity index is 0.00000261. The number of rotatable bonds is 6. The number of hydrogen-bond acceptors (Lipinski definition) is 2. The highest BCUT2D eigenvalue weighted by molar-refractivity contribution is 14.0. The predicted octanol–water partition coefficient (Wildman–Crippen LogP) is 4.37. The molecule has 2 aromatic carbocycles. The van der Waals surface area contributed by atoms with E-state index in [1.54, 1.807) is 7.05 Å². The molecule has 0 fully saturated rings. The summed E-state index contributed by atoms with van der Waals surface area (Å²) in [7, 11) is 1.77. The Morgan fingerprint density at radius 2 is 1.85 bits per heavy atom. The molecule has 0 saturated heterocycles. The second-order valence-electron chi connectivity index (χ2n) is 6.10. The summed E-state index contributed by atoms with van der Waals surface area (Å²) in [6, 6.07) is 16.1. The molecule has 0 aliphatic carbocycles. The van der Waals surface area contributed by atoms with Crippen LogP contribution in [-0.2, 0) is 13.1 Å². The van der Waals surface area contributed by atoms with Crippen LogP contribution in [0.25, 0.3) is 11.0 Å². The lowest BCUT2D eigenvalue weighted by molar-refractivity contribution is 0.624. The Bertz CT molecular complexity index is 906. The van der Waals surface area contributed by atoms with Gasteiger partial charge in [0.1, 0.15) is 5.82 Å². The highest BCUT2D eigenvalue weighted by Gasteiger charge is 2.06. The lowest BCUT2D eigenvalue weighted by atomic mass is 10.2. The van der Waals surface area contributed by atoms with E-state index in [0.717, 1.165) is 47.4 Å². The van der Waals surface area contributed by atoms with Crippen molar-refractivity contribution in [2.24, 2.45) is 4.99 Å². The van der Waals surface area contributed by atoms with Crippen LogP contribution >= 0.6 is 35.6 Å². The first kappa shape index (κ1) is 21.5. The van der Waals surface area contributed by atoms with Crippen LogP contribution in [-0.4, -0.2) is 29.1 Å². The van der Waals surface area contributed by atoms with Crippen LogP contribution in [0.2, 0.25) is 5.02 Å². The SMILES string of the molecule is CN=C(NCCCn1c(C)nc2ccccc21)NCc1ccccc1Cl.I. The Hall–Kier alpha value is -1.80. The van der Waals surface area contributed by atoms with Crippen LogP contribution in [0.5, 0.6) is 0 Å². The normalized spacial score (nSPS) is 11.3. The first-order chi connectivity index (χ1) is 12.7. The molecule has 0 amide bonds. The molecule has 0 spiro atoms. The molecule has 3 aromatic rings. The number of imidazole rings is 1. The van der Waals surface area contributed by atoms with E-state index < -0.39 is 0 Å². The zero-order valence-electron chi connectivity index (χ0n) is 15.6. The number of halogens is 2. The highest BCUT2D eigenvalue weighted by atomic mass is 127. The maximum Gasteiger partial charge on any atom is 0.191 e. The standard InChI is InChI=1S/C20H24ClN5.HI/c1-15-25-18-10-5-6-11-19(18)26(15)13-7-12-23-20(22-2)24-14-16-8-3-4-9-17(16)21;/h3-6,8-11H,7,12-14H2,1-2H3,(H2,22,23,24);1H. The number of aromatic nitrogens is 2. The average Bonchev–Trinajstić information content (AvgIpc) is 2.97. The fourth-order valence-electron chi connectivity index (χ4n) is 2.96. The second-order valence-corrected chi connectivity index (χ2v) is 6.50. The minimum absolute atomic E-state index is 0. The molecule has 144 valence electrons. The van der Waals surface area contributed by atoms with Gasteiger partial charge in [0.05, 0.1) is 11.0 Å². The molecule has 5 nitrogen and oxygen atoms in total. The Morgan fingerprint density at radius 1 is 1.11 bits per heavy atom. The van der Waals surface area contributed by atoms with Crippen molar-refractivity contribution in [2.75, 3.05) is 13.6 Å². The van der Waals surface area contributed by atoms with E-state index in [1.165, 1.54) is 5.52 Å². The average molecular weight is 498 g/mol. The summed E-state index contributed by atoms with van der Waals surface area (Å²) in [5.41, 5.74) is 3.29. The molecular weight excluding hydrogens is 473 g/mol. The van der Waals surface area contributed by atoms with E-state index in [-0.39, 0.29) is 24.0 Å². The molecule has 1 heterocycles. The second kappa shape index (κ2) is 10.5. The summed E-state index contributed by atoms with van der Waals surface area (Å²) in [6.07, 6.45) is 0.980. The molecular formula is C20H25ClIN5. The molecule has 0 radical (unpaired) electrons. The zero-order valence-corrected chi connectivity index (χ0v) is 18.7. The third-order valence-electron chi connectivity index (χ3n) is 4.32. The van der Waals surface area contributed by atoms with Gasteiger partial charge in [-0.2, -0.15) is 0 Å². The van der Waals surface area contributed by atoms with Crippen molar-refractivity contribution in [3.05, 3.63) is 64.9 Å². The minimum Gasteiger partial charge on any atom is -0.356 e. The molecule has 0 aliphatic rings. The van der Waals surface area contributed by atoms with Crippen molar-refractivity contribution in [2.45, 2.75) is 26.4 Å². The Kier molecular flexibility index (Phi) is 8.37. The van der Waals surface area contributed by atoms with Crippen molar-refractivity contribution in [1.82, 2.24) is 20.2 Å². The summed E-state index contributed by atoms with van der Waals surface area (Å²) in [4.78, 5) is 8.88. The third-order valence-corrected chi connectivity index (χ3v) is 4.69. The Labute approximate surface area is 182 Å². The van der Waals surface area contributed by atoms with E-state index in [2.05, 4.69) is 50.3 Å². The molecule has 0 unspecified atom stereocenters. The molecule has 0 aliphatic heterocycles. The van der Waals surface area contributed by atoms with Gasteiger partial charge in [0.25, 0.3) is 0 Å². The predicted molar refractivity (Wildman–Crippen MR) is 124 cm³/mol. The zero-order chi connectivity index (χ0) is 18.4. The quantitative estimate of drug-likeness (QED) is 0.230. The van der Waals surface area contributed by atoms with Gasteiger partial charge in [-0.25, -0.2) is 4.98 Å². The number of aryl methyl sites for hydroxylation is 2. The van der Waals surface area contributed by atoms with Gasteiger partial charge in [-0.05, 0) is 37.1 Å². The number of fused-ring (bicyclic) bond motifs is 1. The molecule has 27 heavy (non-hydrogen) atoms. The van der Waals surface area contributed by atoms with Gasteiger partial charge in [0, 0.05) is 31.7 Å². The molecule has 0 atom stereocenters. The number of benzene rings is 2. The number of guanidine groups is 1. The fraction of sp³-hybridized carbons (Fsp3) is 0.300. The Morgan fingerprint density at radius 3 is 2.63 bits per heavy atom. The van der Waals surface area contributed by atoms with Gasteiger partial charge in [-0.1, -0.05) is 41.9 Å². The summed E-state index contributed by atoms with van der Waals surface area (Å²) >= 11 is 6.19. The number of nitrogens with one attached hydrogen (secondary N) is 2. The van der Waals surface area contributed by atoms with Gasteiger partial charge in [0.2, 0.25) is 0 Å².